The van der Waals surface area contributed by atoms with Crippen LogP contribution in [0, 0.1) is 10.1 Å². The predicted octanol–water partition coefficient (Wildman–Crippen LogP) is 5.84. The second-order valence-electron chi connectivity index (χ2n) is 7.83. The highest BCUT2D eigenvalue weighted by Gasteiger charge is 2.13. The molecule has 1 atom stereocenters. The first kappa shape index (κ1) is 24.3. The van der Waals surface area contributed by atoms with E-state index in [9.17, 15) is 14.9 Å². The summed E-state index contributed by atoms with van der Waals surface area (Å²) in [6.45, 7) is 1.79. The summed E-state index contributed by atoms with van der Waals surface area (Å²) >= 11 is 0. The van der Waals surface area contributed by atoms with E-state index in [1.807, 2.05) is 6.07 Å². The Kier molecular flexibility index (Phi) is 7.15. The first-order valence-electron chi connectivity index (χ1n) is 11.0. The Balaban J connectivity index is 1.41. The number of benzene rings is 3. The van der Waals surface area contributed by atoms with E-state index in [-0.39, 0.29) is 11.7 Å². The Morgan fingerprint density at radius 1 is 0.944 bits per heavy atom. The molecule has 0 saturated carbocycles. The molecule has 2 N–H and O–H groups in total. The molecule has 36 heavy (non-hydrogen) atoms. The van der Waals surface area contributed by atoms with E-state index in [0.717, 1.165) is 10.9 Å². The van der Waals surface area contributed by atoms with Crippen LogP contribution in [0.2, 0.25) is 0 Å². The predicted molar refractivity (Wildman–Crippen MR) is 135 cm³/mol. The maximum absolute atomic E-state index is 12.4. The van der Waals surface area contributed by atoms with Crippen molar-refractivity contribution < 1.29 is 23.9 Å². The minimum atomic E-state index is -0.465. The molecule has 10 nitrogen and oxygen atoms in total. The van der Waals surface area contributed by atoms with Gasteiger partial charge in [-0.15, -0.1) is 0 Å². The third-order valence-electron chi connectivity index (χ3n) is 5.50. The molecule has 0 radical (unpaired) electrons. The molecule has 2 amide bonds. The number of ether oxygens (including phenoxy) is 3. The van der Waals surface area contributed by atoms with Gasteiger partial charge in [0.1, 0.15) is 11.5 Å². The number of nitro groups is 1. The number of nitro benzene ring substituents is 1. The molecule has 0 unspecified atom stereocenters. The summed E-state index contributed by atoms with van der Waals surface area (Å²) in [7, 11) is 3.13. The molecular weight excluding hydrogens is 464 g/mol. The van der Waals surface area contributed by atoms with Crippen molar-refractivity contribution in [3.05, 3.63) is 88.6 Å². The summed E-state index contributed by atoms with van der Waals surface area (Å²) in [5, 5.41) is 17.1. The SMILES string of the molecule is COc1cc2nccc(Oc3ccc(NC(=O)N[C@H](C)c4ccc([N+](=O)[O-])cc4)cc3)c2cc1OC. The van der Waals surface area contributed by atoms with E-state index in [2.05, 4.69) is 15.6 Å². The number of rotatable bonds is 8. The molecule has 0 aliphatic heterocycles. The monoisotopic (exact) mass is 488 g/mol. The van der Waals surface area contributed by atoms with E-state index in [4.69, 9.17) is 14.2 Å². The van der Waals surface area contributed by atoms with Gasteiger partial charge in [0.25, 0.3) is 5.69 Å². The van der Waals surface area contributed by atoms with E-state index in [1.165, 1.54) is 12.1 Å². The van der Waals surface area contributed by atoms with Gasteiger partial charge < -0.3 is 24.8 Å². The van der Waals surface area contributed by atoms with Crippen molar-refractivity contribution in [2.45, 2.75) is 13.0 Å². The molecule has 1 heterocycles. The van der Waals surface area contributed by atoms with Gasteiger partial charge in [0.2, 0.25) is 0 Å². The van der Waals surface area contributed by atoms with Gasteiger partial charge >= 0.3 is 6.03 Å². The Morgan fingerprint density at radius 2 is 1.61 bits per heavy atom. The Labute approximate surface area is 207 Å². The lowest BCUT2D eigenvalue weighted by molar-refractivity contribution is -0.384. The third-order valence-corrected chi connectivity index (χ3v) is 5.50. The minimum absolute atomic E-state index is 0.00339. The van der Waals surface area contributed by atoms with E-state index < -0.39 is 11.0 Å². The molecule has 4 rings (SSSR count). The third kappa shape index (κ3) is 5.44. The van der Waals surface area contributed by atoms with Crippen LogP contribution in [0.5, 0.6) is 23.0 Å². The fraction of sp³-hybridized carbons (Fsp3) is 0.154. The van der Waals surface area contributed by atoms with Crippen molar-refractivity contribution in [3.63, 3.8) is 0 Å². The highest BCUT2D eigenvalue weighted by molar-refractivity contribution is 5.90. The summed E-state index contributed by atoms with van der Waals surface area (Å²) in [4.78, 5) is 27.1. The number of urea groups is 1. The van der Waals surface area contributed by atoms with Crippen molar-refractivity contribution in [1.82, 2.24) is 10.3 Å². The number of non-ortho nitro benzene ring substituents is 1. The molecule has 0 saturated heterocycles. The zero-order valence-electron chi connectivity index (χ0n) is 19.8. The molecule has 1 aromatic heterocycles. The number of aromatic nitrogens is 1. The number of fused-ring (bicyclic) bond motifs is 1. The number of amides is 2. The Bertz CT molecular complexity index is 1390. The summed E-state index contributed by atoms with van der Waals surface area (Å²) in [6, 6.07) is 17.6. The molecule has 0 aliphatic carbocycles. The topological polar surface area (TPSA) is 125 Å². The zero-order chi connectivity index (χ0) is 25.7. The smallest absolute Gasteiger partial charge is 0.319 e. The average molecular weight is 489 g/mol. The van der Waals surface area contributed by atoms with Gasteiger partial charge in [-0.1, -0.05) is 12.1 Å². The highest BCUT2D eigenvalue weighted by Crippen LogP contribution is 2.37. The number of hydrogen-bond acceptors (Lipinski definition) is 7. The van der Waals surface area contributed by atoms with Crippen LogP contribution in [0.15, 0.2) is 72.9 Å². The van der Waals surface area contributed by atoms with Crippen LogP contribution in [-0.4, -0.2) is 30.2 Å². The van der Waals surface area contributed by atoms with Gasteiger partial charge in [-0.05, 0) is 48.9 Å². The molecule has 184 valence electrons. The van der Waals surface area contributed by atoms with Crippen molar-refractivity contribution in [3.8, 4) is 23.0 Å². The fourth-order valence-electron chi connectivity index (χ4n) is 3.60. The van der Waals surface area contributed by atoms with Crippen LogP contribution in [-0.2, 0) is 0 Å². The second kappa shape index (κ2) is 10.6. The van der Waals surface area contributed by atoms with Gasteiger partial charge in [-0.2, -0.15) is 0 Å². The van der Waals surface area contributed by atoms with Crippen LogP contribution in [0.1, 0.15) is 18.5 Å². The summed E-state index contributed by atoms with van der Waals surface area (Å²) < 4.78 is 16.8. The van der Waals surface area contributed by atoms with Crippen molar-refractivity contribution in [2.75, 3.05) is 19.5 Å². The summed E-state index contributed by atoms with van der Waals surface area (Å²) in [5.74, 6) is 2.31. The summed E-state index contributed by atoms with van der Waals surface area (Å²) in [5.41, 5.74) is 2.01. The van der Waals surface area contributed by atoms with Gasteiger partial charge in [-0.3, -0.25) is 15.1 Å². The Hall–Kier alpha value is -4.86. The quantitative estimate of drug-likeness (QED) is 0.236. The molecule has 10 heteroatoms. The van der Waals surface area contributed by atoms with Crippen LogP contribution in [0.4, 0.5) is 16.2 Å². The molecule has 0 aliphatic rings. The van der Waals surface area contributed by atoms with Crippen LogP contribution >= 0.6 is 0 Å². The fourth-order valence-corrected chi connectivity index (χ4v) is 3.60. The highest BCUT2D eigenvalue weighted by atomic mass is 16.6. The standard InChI is InChI=1S/C26H24N4O6/c1-16(17-4-8-19(9-5-17)30(32)33)28-26(31)29-18-6-10-20(11-7-18)36-23-12-13-27-22-15-25(35-3)24(34-2)14-21(22)23/h4-16H,1-3H3,(H2,28,29,31)/t16-/m1/s1. The van der Waals surface area contributed by atoms with Crippen LogP contribution < -0.4 is 24.8 Å². The van der Waals surface area contributed by atoms with Crippen LogP contribution in [0.3, 0.4) is 0 Å². The maximum Gasteiger partial charge on any atom is 0.319 e. The molecule has 0 bridgehead atoms. The lowest BCUT2D eigenvalue weighted by atomic mass is 10.1. The summed E-state index contributed by atoms with van der Waals surface area (Å²) in [6.07, 6.45) is 1.65. The molecule has 4 aromatic rings. The van der Waals surface area contributed by atoms with E-state index in [1.54, 1.807) is 75.9 Å². The van der Waals surface area contributed by atoms with Gasteiger partial charge in [0.15, 0.2) is 11.5 Å². The molecule has 0 spiro atoms. The number of hydrogen-bond donors (Lipinski definition) is 2. The zero-order valence-corrected chi connectivity index (χ0v) is 19.8. The van der Waals surface area contributed by atoms with E-state index >= 15 is 0 Å². The number of pyridine rings is 1. The van der Waals surface area contributed by atoms with Gasteiger partial charge in [-0.25, -0.2) is 4.79 Å². The number of methoxy groups -OCH3 is 2. The lowest BCUT2D eigenvalue weighted by Crippen LogP contribution is -2.31. The van der Waals surface area contributed by atoms with Gasteiger partial charge in [0, 0.05) is 35.5 Å². The van der Waals surface area contributed by atoms with Crippen LogP contribution in [0.25, 0.3) is 10.9 Å². The Morgan fingerprint density at radius 3 is 2.25 bits per heavy atom. The second-order valence-corrected chi connectivity index (χ2v) is 7.83. The van der Waals surface area contributed by atoms with Crippen molar-refractivity contribution >= 4 is 28.3 Å². The first-order chi connectivity index (χ1) is 17.4. The van der Waals surface area contributed by atoms with Crippen molar-refractivity contribution in [2.24, 2.45) is 0 Å². The van der Waals surface area contributed by atoms with E-state index in [0.29, 0.717) is 34.2 Å². The average Bonchev–Trinajstić information content (AvgIpc) is 2.89. The lowest BCUT2D eigenvalue weighted by Gasteiger charge is -2.15. The number of carbonyl (C=O) groups excluding carboxylic acids is 1. The molecule has 0 fully saturated rings. The normalized spacial score (nSPS) is 11.4. The number of carbonyl (C=O) groups is 1. The van der Waals surface area contributed by atoms with Gasteiger partial charge in [0.05, 0.1) is 30.7 Å². The largest absolute Gasteiger partial charge is 0.493 e. The molecular formula is C26H24N4O6. The van der Waals surface area contributed by atoms with Crippen molar-refractivity contribution in [1.29, 1.82) is 0 Å². The number of nitrogens with zero attached hydrogens (tertiary/aromatic N) is 2. The minimum Gasteiger partial charge on any atom is -0.493 e. The molecule has 3 aromatic carbocycles. The maximum atomic E-state index is 12.4. The number of nitrogens with one attached hydrogen (secondary N) is 2. The number of anilines is 1. The first-order valence-corrected chi connectivity index (χ1v) is 11.0.